The van der Waals surface area contributed by atoms with Gasteiger partial charge >= 0.3 is 5.97 Å². The summed E-state index contributed by atoms with van der Waals surface area (Å²) in [6.45, 7) is 3.59. The summed E-state index contributed by atoms with van der Waals surface area (Å²) < 4.78 is 21.1. The smallest absolute Gasteiger partial charge is 0.338 e. The Morgan fingerprint density at radius 2 is 1.97 bits per heavy atom. The van der Waals surface area contributed by atoms with Crippen molar-refractivity contribution >= 4 is 35.0 Å². The maximum atomic E-state index is 14.2. The van der Waals surface area contributed by atoms with E-state index in [1.54, 1.807) is 56.3 Å². The summed E-state index contributed by atoms with van der Waals surface area (Å²) >= 11 is 7.59. The first-order valence-corrected chi connectivity index (χ1v) is 10.8. The Bertz CT molecular complexity index is 1390. The molecule has 0 saturated heterocycles. The van der Waals surface area contributed by atoms with Crippen LogP contribution in [0.1, 0.15) is 31.0 Å². The third-order valence-electron chi connectivity index (χ3n) is 4.91. The second-order valence-corrected chi connectivity index (χ2v) is 8.26. The Morgan fingerprint density at radius 1 is 1.26 bits per heavy atom. The minimum atomic E-state index is -0.799. The van der Waals surface area contributed by atoms with Crippen LogP contribution in [-0.2, 0) is 9.53 Å². The predicted octanol–water partition coefficient (Wildman–Crippen LogP) is 3.59. The molecule has 0 radical (unpaired) electrons. The molecule has 1 atom stereocenters. The lowest BCUT2D eigenvalue weighted by Crippen LogP contribution is -2.40. The molecule has 3 aromatic rings. The number of hydrogen-bond donors (Lipinski definition) is 0. The van der Waals surface area contributed by atoms with Crippen molar-refractivity contribution in [2.24, 2.45) is 4.99 Å². The van der Waals surface area contributed by atoms with E-state index in [0.29, 0.717) is 31.2 Å². The van der Waals surface area contributed by atoms with E-state index in [4.69, 9.17) is 16.3 Å². The molecule has 1 aliphatic rings. The highest BCUT2D eigenvalue weighted by Gasteiger charge is 2.34. The van der Waals surface area contributed by atoms with Crippen LogP contribution in [0.4, 0.5) is 4.39 Å². The van der Waals surface area contributed by atoms with Crippen LogP contribution in [0.15, 0.2) is 69.6 Å². The van der Waals surface area contributed by atoms with Gasteiger partial charge in [0.15, 0.2) is 4.80 Å². The molecule has 0 fully saturated rings. The maximum Gasteiger partial charge on any atom is 0.338 e. The average Bonchev–Trinajstić information content (AvgIpc) is 3.04. The molecule has 0 amide bonds. The largest absolute Gasteiger partial charge is 0.463 e. The third-order valence-corrected chi connectivity index (χ3v) is 6.24. The molecular weight excluding hydrogens is 439 g/mol. The molecule has 4 rings (SSSR count). The lowest BCUT2D eigenvalue weighted by atomic mass is 9.96. The zero-order valence-corrected chi connectivity index (χ0v) is 18.3. The molecule has 8 heteroatoms. The average molecular weight is 457 g/mol. The summed E-state index contributed by atoms with van der Waals surface area (Å²) in [5.41, 5.74) is 1.19. The van der Waals surface area contributed by atoms with Gasteiger partial charge in [0.2, 0.25) is 0 Å². The number of benzene rings is 2. The van der Waals surface area contributed by atoms with E-state index in [-0.39, 0.29) is 17.7 Å². The lowest BCUT2D eigenvalue weighted by Gasteiger charge is -2.25. The molecule has 158 valence electrons. The quantitative estimate of drug-likeness (QED) is 0.564. The number of rotatable bonds is 4. The summed E-state index contributed by atoms with van der Waals surface area (Å²) in [6, 6.07) is 12.4. The van der Waals surface area contributed by atoms with Crippen molar-refractivity contribution in [2.75, 3.05) is 6.61 Å². The van der Waals surface area contributed by atoms with Crippen LogP contribution >= 0.6 is 22.9 Å². The standard InChI is InChI=1S/C23H18ClFN2O3S/c1-3-30-22(29)19-13(2)26-23-27(20(19)15-9-5-6-10-16(15)24)21(28)18(31-23)12-14-8-4-7-11-17(14)25/h4-12,20H,3H2,1-2H3/b18-12+. The van der Waals surface area contributed by atoms with Crippen molar-refractivity contribution in [3.8, 4) is 0 Å². The minimum absolute atomic E-state index is 0.183. The Hall–Kier alpha value is -3.03. The lowest BCUT2D eigenvalue weighted by molar-refractivity contribution is -0.139. The molecule has 0 spiro atoms. The van der Waals surface area contributed by atoms with Crippen molar-refractivity contribution in [3.63, 3.8) is 0 Å². The van der Waals surface area contributed by atoms with Gasteiger partial charge in [0, 0.05) is 10.6 Å². The summed E-state index contributed by atoms with van der Waals surface area (Å²) in [5, 5.41) is 0.410. The molecule has 1 unspecified atom stereocenters. The summed E-state index contributed by atoms with van der Waals surface area (Å²) in [7, 11) is 0. The van der Waals surface area contributed by atoms with E-state index in [1.165, 1.54) is 16.7 Å². The fraction of sp³-hybridized carbons (Fsp3) is 0.174. The van der Waals surface area contributed by atoms with Gasteiger partial charge in [-0.15, -0.1) is 0 Å². The fourth-order valence-electron chi connectivity index (χ4n) is 3.52. The highest BCUT2D eigenvalue weighted by Crippen LogP contribution is 2.34. The molecule has 2 heterocycles. The number of hydrogen-bond acceptors (Lipinski definition) is 5. The summed E-state index contributed by atoms with van der Waals surface area (Å²) in [4.78, 5) is 31.1. The molecule has 0 saturated carbocycles. The molecule has 1 aliphatic heterocycles. The Balaban J connectivity index is 2.00. The van der Waals surface area contributed by atoms with Crippen molar-refractivity contribution in [3.05, 3.63) is 101 Å². The second kappa shape index (κ2) is 8.61. The van der Waals surface area contributed by atoms with Crippen LogP contribution in [0, 0.1) is 5.82 Å². The van der Waals surface area contributed by atoms with E-state index in [1.807, 2.05) is 0 Å². The molecule has 2 aromatic carbocycles. The zero-order valence-electron chi connectivity index (χ0n) is 16.8. The Labute approximate surface area is 186 Å². The van der Waals surface area contributed by atoms with E-state index in [2.05, 4.69) is 4.99 Å². The molecular formula is C23H18ClFN2O3S. The first kappa shape index (κ1) is 21.2. The van der Waals surface area contributed by atoms with E-state index in [9.17, 15) is 14.0 Å². The molecule has 1 aromatic heterocycles. The molecule has 5 nitrogen and oxygen atoms in total. The number of carbonyl (C=O) groups is 1. The number of halogens is 2. The van der Waals surface area contributed by atoms with Crippen LogP contribution in [0.25, 0.3) is 6.08 Å². The van der Waals surface area contributed by atoms with Gasteiger partial charge in [0.05, 0.1) is 22.4 Å². The zero-order chi connectivity index (χ0) is 22.1. The number of aromatic nitrogens is 1. The van der Waals surface area contributed by atoms with Crippen molar-refractivity contribution in [1.82, 2.24) is 4.57 Å². The van der Waals surface area contributed by atoms with Crippen LogP contribution < -0.4 is 14.9 Å². The molecule has 31 heavy (non-hydrogen) atoms. The van der Waals surface area contributed by atoms with Gasteiger partial charge in [-0.2, -0.15) is 0 Å². The first-order valence-electron chi connectivity index (χ1n) is 9.61. The van der Waals surface area contributed by atoms with Gasteiger partial charge in [0.1, 0.15) is 11.9 Å². The van der Waals surface area contributed by atoms with Gasteiger partial charge in [0.25, 0.3) is 5.56 Å². The predicted molar refractivity (Wildman–Crippen MR) is 118 cm³/mol. The van der Waals surface area contributed by atoms with Crippen molar-refractivity contribution in [1.29, 1.82) is 0 Å². The normalized spacial score (nSPS) is 16.1. The number of allylic oxidation sites excluding steroid dienone is 1. The highest BCUT2D eigenvalue weighted by atomic mass is 35.5. The Kier molecular flexibility index (Phi) is 5.89. The van der Waals surface area contributed by atoms with E-state index >= 15 is 0 Å². The third kappa shape index (κ3) is 3.86. The maximum absolute atomic E-state index is 14.2. The number of thiazole rings is 1. The molecule has 0 N–H and O–H groups in total. The molecule has 0 bridgehead atoms. The number of carbonyl (C=O) groups excluding carboxylic acids is 1. The van der Waals surface area contributed by atoms with Crippen LogP contribution in [0.2, 0.25) is 5.02 Å². The van der Waals surface area contributed by atoms with Gasteiger partial charge in [-0.25, -0.2) is 14.2 Å². The van der Waals surface area contributed by atoms with Gasteiger partial charge in [-0.05, 0) is 37.6 Å². The van der Waals surface area contributed by atoms with Gasteiger partial charge in [-0.3, -0.25) is 9.36 Å². The minimum Gasteiger partial charge on any atom is -0.463 e. The summed E-state index contributed by atoms with van der Waals surface area (Å²) in [6.07, 6.45) is 1.49. The van der Waals surface area contributed by atoms with Crippen molar-refractivity contribution in [2.45, 2.75) is 19.9 Å². The number of esters is 1. The van der Waals surface area contributed by atoms with E-state index in [0.717, 1.165) is 11.3 Å². The van der Waals surface area contributed by atoms with Gasteiger partial charge in [-0.1, -0.05) is 59.3 Å². The number of ether oxygens (including phenoxy) is 1. The van der Waals surface area contributed by atoms with E-state index < -0.39 is 17.8 Å². The van der Waals surface area contributed by atoms with Crippen molar-refractivity contribution < 1.29 is 13.9 Å². The van der Waals surface area contributed by atoms with Crippen LogP contribution in [-0.4, -0.2) is 17.1 Å². The second-order valence-electron chi connectivity index (χ2n) is 6.85. The SMILES string of the molecule is CCOC(=O)C1=C(C)N=c2s/c(=C/c3ccccc3F)c(=O)n2C1c1ccccc1Cl. The fourth-order valence-corrected chi connectivity index (χ4v) is 4.79. The number of fused-ring (bicyclic) bond motifs is 1. The number of nitrogens with zero attached hydrogens (tertiary/aromatic N) is 2. The highest BCUT2D eigenvalue weighted by molar-refractivity contribution is 7.07. The molecule has 0 aliphatic carbocycles. The van der Waals surface area contributed by atoms with Crippen LogP contribution in [0.3, 0.4) is 0 Å². The first-order chi connectivity index (χ1) is 14.9. The van der Waals surface area contributed by atoms with Gasteiger partial charge < -0.3 is 4.74 Å². The Morgan fingerprint density at radius 3 is 2.68 bits per heavy atom. The topological polar surface area (TPSA) is 60.7 Å². The summed E-state index contributed by atoms with van der Waals surface area (Å²) in [5.74, 6) is -0.989. The van der Waals surface area contributed by atoms with Crippen LogP contribution in [0.5, 0.6) is 0 Å². The monoisotopic (exact) mass is 456 g/mol.